The van der Waals surface area contributed by atoms with Crippen molar-refractivity contribution < 1.29 is 18.7 Å². The Morgan fingerprint density at radius 2 is 2.00 bits per heavy atom. The molecule has 2 aromatic heterocycles. The number of carbonyl (C=O) groups excluding carboxylic acids is 1. The average molecular weight is 621 g/mol. The summed E-state index contributed by atoms with van der Waals surface area (Å²) < 4.78 is 33.8. The molecule has 9 nitrogen and oxygen atoms in total. The number of phenolic OH excluding ortho intramolecular Hbond substituents is 1. The van der Waals surface area contributed by atoms with Gasteiger partial charge in [0.2, 0.25) is 5.91 Å². The molecule has 0 radical (unpaired) electrons. The molecule has 2 aromatic carbocycles. The number of rotatable bonds is 4. The number of hydrogen-bond donors (Lipinski definition) is 2. The lowest BCUT2D eigenvalue weighted by atomic mass is 9.96. The van der Waals surface area contributed by atoms with Crippen LogP contribution in [0.4, 0.5) is 20.3 Å². The number of anilines is 2. The number of aromatic nitrogens is 3. The molecule has 0 saturated carbocycles. The number of nitrogens with one attached hydrogen (secondary N) is 1. The number of phenols is 1. The van der Waals surface area contributed by atoms with Gasteiger partial charge in [0.25, 0.3) is 0 Å². The highest BCUT2D eigenvalue weighted by atomic mass is 35.5. The molecule has 1 fully saturated rings. The second kappa shape index (κ2) is 11.2. The minimum atomic E-state index is -0.993. The van der Waals surface area contributed by atoms with Crippen LogP contribution in [0.3, 0.4) is 0 Å². The molecule has 1 atom stereocenters. The fourth-order valence-corrected chi connectivity index (χ4v) is 6.66. The van der Waals surface area contributed by atoms with Crippen molar-refractivity contribution in [1.82, 2.24) is 19.4 Å². The van der Waals surface area contributed by atoms with Crippen LogP contribution in [-0.4, -0.2) is 62.7 Å². The summed E-state index contributed by atoms with van der Waals surface area (Å²) in [5.41, 5.74) is 0.0867. The first-order valence-corrected chi connectivity index (χ1v) is 14.8. The van der Waals surface area contributed by atoms with Crippen molar-refractivity contribution in [1.29, 1.82) is 0 Å². The zero-order valence-corrected chi connectivity index (χ0v) is 25.3. The van der Waals surface area contributed by atoms with Crippen molar-refractivity contribution >= 4 is 39.9 Å². The van der Waals surface area contributed by atoms with E-state index in [1.54, 1.807) is 24.1 Å². The Morgan fingerprint density at radius 3 is 2.70 bits per heavy atom. The summed E-state index contributed by atoms with van der Waals surface area (Å²) in [5, 5.41) is 14.1. The molecule has 1 saturated heterocycles. The standard InChI is InChI=1S/C32H31ClF2N6O3/c1-5-21(43)39-13-14-40-18(15-39)10-12-37-28-24-30(26(35)23(25(28)33)22-19(34)7-6-8-20(22)42)41(32(44)38-31(24)40)29-17(4)9-11-36-27(29)16(2)3/h5-9,11,16,18,37,42H,1,10,12-15H2,2-4H3. The van der Waals surface area contributed by atoms with Gasteiger partial charge in [0, 0.05) is 44.0 Å². The minimum absolute atomic E-state index is 0.145. The summed E-state index contributed by atoms with van der Waals surface area (Å²) in [5.74, 6) is -2.52. The molecule has 1 amide bonds. The smallest absolute Gasteiger partial charge is 0.354 e. The number of piperazine rings is 1. The van der Waals surface area contributed by atoms with Crippen LogP contribution in [0.2, 0.25) is 5.02 Å². The molecular weight excluding hydrogens is 590 g/mol. The van der Waals surface area contributed by atoms with Crippen LogP contribution in [0.25, 0.3) is 27.7 Å². The van der Waals surface area contributed by atoms with Crippen molar-refractivity contribution in [2.24, 2.45) is 0 Å². The van der Waals surface area contributed by atoms with Crippen molar-refractivity contribution in [3.8, 4) is 22.6 Å². The molecule has 2 aliphatic heterocycles. The number of nitrogens with zero attached hydrogens (tertiary/aromatic N) is 5. The largest absolute Gasteiger partial charge is 0.507 e. The third kappa shape index (κ3) is 4.57. The van der Waals surface area contributed by atoms with Gasteiger partial charge in [-0.25, -0.2) is 13.6 Å². The van der Waals surface area contributed by atoms with Crippen LogP contribution in [-0.2, 0) is 4.79 Å². The summed E-state index contributed by atoms with van der Waals surface area (Å²) in [6, 6.07) is 5.13. The number of pyridine rings is 1. The van der Waals surface area contributed by atoms with Crippen LogP contribution in [0.1, 0.15) is 37.4 Å². The van der Waals surface area contributed by atoms with Crippen LogP contribution in [0, 0.1) is 18.6 Å². The molecule has 6 rings (SSSR count). The number of carbonyl (C=O) groups is 1. The maximum absolute atomic E-state index is 17.3. The third-order valence-electron chi connectivity index (χ3n) is 8.38. The average Bonchev–Trinajstić information content (AvgIpc) is 2.98. The molecule has 0 aliphatic carbocycles. The van der Waals surface area contributed by atoms with Gasteiger partial charge in [-0.05, 0) is 49.1 Å². The third-order valence-corrected chi connectivity index (χ3v) is 8.76. The number of aryl methyl sites for hydroxylation is 1. The van der Waals surface area contributed by atoms with E-state index in [9.17, 15) is 14.7 Å². The van der Waals surface area contributed by atoms with Gasteiger partial charge >= 0.3 is 5.69 Å². The molecule has 2 N–H and O–H groups in total. The number of amides is 1. The van der Waals surface area contributed by atoms with E-state index in [-0.39, 0.29) is 50.9 Å². The fourth-order valence-electron chi connectivity index (χ4n) is 6.32. The maximum Gasteiger partial charge on any atom is 0.354 e. The zero-order chi connectivity index (χ0) is 31.4. The van der Waals surface area contributed by atoms with Crippen LogP contribution in [0.5, 0.6) is 5.75 Å². The van der Waals surface area contributed by atoms with Crippen molar-refractivity contribution in [2.75, 3.05) is 36.4 Å². The summed E-state index contributed by atoms with van der Waals surface area (Å²) in [6.45, 7) is 10.6. The highest BCUT2D eigenvalue weighted by Gasteiger charge is 2.37. The maximum atomic E-state index is 17.3. The first-order valence-electron chi connectivity index (χ1n) is 14.4. The van der Waals surface area contributed by atoms with Gasteiger partial charge < -0.3 is 20.2 Å². The summed E-state index contributed by atoms with van der Waals surface area (Å²) in [6.07, 6.45) is 3.42. The fraction of sp³-hybridized carbons (Fsp3) is 0.312. The van der Waals surface area contributed by atoms with Crippen LogP contribution >= 0.6 is 11.6 Å². The Balaban J connectivity index is 1.77. The van der Waals surface area contributed by atoms with E-state index in [4.69, 9.17) is 11.6 Å². The zero-order valence-electron chi connectivity index (χ0n) is 24.5. The first-order chi connectivity index (χ1) is 21.0. The molecule has 0 spiro atoms. The van der Waals surface area contributed by atoms with Crippen molar-refractivity contribution in [3.05, 3.63) is 81.5 Å². The number of hydrogen-bond acceptors (Lipinski definition) is 7. The van der Waals surface area contributed by atoms with Gasteiger partial charge in [-0.1, -0.05) is 38.1 Å². The van der Waals surface area contributed by atoms with E-state index in [0.717, 1.165) is 6.07 Å². The molecule has 1 unspecified atom stereocenters. The lowest BCUT2D eigenvalue weighted by molar-refractivity contribution is -0.126. The van der Waals surface area contributed by atoms with Gasteiger partial charge in [-0.15, -0.1) is 0 Å². The predicted molar refractivity (Wildman–Crippen MR) is 167 cm³/mol. The van der Waals surface area contributed by atoms with E-state index < -0.39 is 28.6 Å². The highest BCUT2D eigenvalue weighted by Crippen LogP contribution is 2.49. The Morgan fingerprint density at radius 1 is 1.23 bits per heavy atom. The number of fused-ring (bicyclic) bond motifs is 2. The summed E-state index contributed by atoms with van der Waals surface area (Å²) in [7, 11) is 0. The van der Waals surface area contributed by atoms with E-state index in [1.807, 2.05) is 18.7 Å². The Bertz CT molecular complexity index is 1890. The summed E-state index contributed by atoms with van der Waals surface area (Å²) >= 11 is 6.92. The Labute approximate surface area is 257 Å². The quantitative estimate of drug-likeness (QED) is 0.289. The molecule has 228 valence electrons. The van der Waals surface area contributed by atoms with E-state index in [1.165, 1.54) is 22.8 Å². The summed E-state index contributed by atoms with van der Waals surface area (Å²) in [4.78, 5) is 39.3. The van der Waals surface area contributed by atoms with Gasteiger partial charge in [-0.3, -0.25) is 14.3 Å². The van der Waals surface area contributed by atoms with Crippen molar-refractivity contribution in [2.45, 2.75) is 39.2 Å². The molecule has 2 aliphatic rings. The molecule has 44 heavy (non-hydrogen) atoms. The van der Waals surface area contributed by atoms with Gasteiger partial charge in [-0.2, -0.15) is 4.98 Å². The highest BCUT2D eigenvalue weighted by molar-refractivity contribution is 6.38. The van der Waals surface area contributed by atoms with Crippen LogP contribution < -0.4 is 15.9 Å². The lowest BCUT2D eigenvalue weighted by Crippen LogP contribution is -2.56. The van der Waals surface area contributed by atoms with E-state index in [2.05, 4.69) is 21.9 Å². The molecule has 4 heterocycles. The van der Waals surface area contributed by atoms with Gasteiger partial charge in [0.1, 0.15) is 22.9 Å². The SMILES string of the molecule is C=CC(=O)N1CCN2c3nc(=O)n(-c4c(C)ccnc4C(C)C)c4c(F)c(-c5c(O)cccc5F)c(Cl)c(c34)NCCC2C1. The first kappa shape index (κ1) is 29.6. The molecule has 0 bridgehead atoms. The van der Waals surface area contributed by atoms with Gasteiger partial charge in [0.05, 0.1) is 33.0 Å². The Kier molecular flexibility index (Phi) is 7.53. The van der Waals surface area contributed by atoms with E-state index in [0.29, 0.717) is 49.5 Å². The Hall–Kier alpha value is -4.51. The van der Waals surface area contributed by atoms with Gasteiger partial charge in [0.15, 0.2) is 5.82 Å². The van der Waals surface area contributed by atoms with Crippen molar-refractivity contribution in [3.63, 3.8) is 0 Å². The monoisotopic (exact) mass is 620 g/mol. The van der Waals surface area contributed by atoms with E-state index >= 15 is 8.78 Å². The van der Waals surface area contributed by atoms with Crippen LogP contribution in [0.15, 0.2) is 47.9 Å². The minimum Gasteiger partial charge on any atom is -0.507 e. The topological polar surface area (TPSA) is 104 Å². The second-order valence-electron chi connectivity index (χ2n) is 11.4. The number of benzene rings is 2. The predicted octanol–water partition coefficient (Wildman–Crippen LogP) is 5.54. The normalized spacial score (nSPS) is 16.4. The number of halogens is 3. The molecule has 12 heteroatoms. The number of aromatic hydroxyl groups is 1. The molecular formula is C32H31ClF2N6O3. The second-order valence-corrected chi connectivity index (χ2v) is 11.7. The lowest BCUT2D eigenvalue weighted by Gasteiger charge is -2.43. The molecule has 4 aromatic rings.